The monoisotopic (exact) mass is 185 g/mol. The minimum Gasteiger partial charge on any atom is -0.384 e. The number of hydrogen-bond acceptors (Lipinski definition) is 2. The minimum absolute atomic E-state index is 0.00185. The molecule has 5 heteroatoms. The summed E-state index contributed by atoms with van der Waals surface area (Å²) in [5.41, 5.74) is 0. The van der Waals surface area contributed by atoms with Gasteiger partial charge in [0.15, 0.2) is 0 Å². The second-order valence-electron chi connectivity index (χ2n) is 2.82. The van der Waals surface area contributed by atoms with Gasteiger partial charge in [-0.05, 0) is 26.8 Å². The fourth-order valence-electron chi connectivity index (χ4n) is 0.716. The predicted octanol–water partition coefficient (Wildman–Crippen LogP) is 1.30. The van der Waals surface area contributed by atoms with Gasteiger partial charge in [0, 0.05) is 6.04 Å². The fourth-order valence-corrected chi connectivity index (χ4v) is 0.716. The SMILES string of the molecule is CNC(C)CCC(O)C(F)(F)F. The predicted molar refractivity (Wildman–Crippen MR) is 39.8 cm³/mol. The molecule has 0 radical (unpaired) electrons. The van der Waals surface area contributed by atoms with Crippen LogP contribution in [-0.2, 0) is 0 Å². The van der Waals surface area contributed by atoms with E-state index in [4.69, 9.17) is 5.11 Å². The Balaban J connectivity index is 3.64. The van der Waals surface area contributed by atoms with Crippen LogP contribution in [0.2, 0.25) is 0 Å². The summed E-state index contributed by atoms with van der Waals surface area (Å²) in [7, 11) is 1.67. The van der Waals surface area contributed by atoms with Crippen LogP contribution < -0.4 is 5.32 Å². The summed E-state index contributed by atoms with van der Waals surface area (Å²) in [5, 5.41) is 11.4. The first-order valence-electron chi connectivity index (χ1n) is 3.80. The Kier molecular flexibility index (Phi) is 4.55. The molecule has 2 unspecified atom stereocenters. The molecule has 0 amide bonds. The van der Waals surface area contributed by atoms with Crippen molar-refractivity contribution in [3.63, 3.8) is 0 Å². The fraction of sp³-hybridized carbons (Fsp3) is 1.00. The molecule has 0 aromatic heterocycles. The van der Waals surface area contributed by atoms with E-state index in [-0.39, 0.29) is 12.5 Å². The molecule has 0 aliphatic rings. The molecule has 74 valence electrons. The first-order chi connectivity index (χ1) is 5.38. The van der Waals surface area contributed by atoms with Gasteiger partial charge in [0.2, 0.25) is 0 Å². The molecule has 0 saturated carbocycles. The summed E-state index contributed by atoms with van der Waals surface area (Å²) in [6.07, 6.45) is -6.59. The molecular weight excluding hydrogens is 171 g/mol. The Hall–Kier alpha value is -0.290. The van der Waals surface area contributed by atoms with Crippen LogP contribution in [0.4, 0.5) is 13.2 Å². The lowest BCUT2D eigenvalue weighted by Crippen LogP contribution is -2.31. The van der Waals surface area contributed by atoms with Crippen LogP contribution in [0.5, 0.6) is 0 Å². The average molecular weight is 185 g/mol. The molecule has 0 heterocycles. The third-order valence-corrected chi connectivity index (χ3v) is 1.74. The maximum Gasteiger partial charge on any atom is 0.414 e. The van der Waals surface area contributed by atoms with Crippen molar-refractivity contribution in [2.24, 2.45) is 0 Å². The van der Waals surface area contributed by atoms with Gasteiger partial charge in [-0.2, -0.15) is 13.2 Å². The van der Waals surface area contributed by atoms with Gasteiger partial charge >= 0.3 is 6.18 Å². The van der Waals surface area contributed by atoms with Gasteiger partial charge in [-0.1, -0.05) is 0 Å². The normalized spacial score (nSPS) is 17.5. The summed E-state index contributed by atoms with van der Waals surface area (Å²) in [4.78, 5) is 0. The molecule has 12 heavy (non-hydrogen) atoms. The Morgan fingerprint density at radius 1 is 1.33 bits per heavy atom. The molecule has 0 bridgehead atoms. The quantitative estimate of drug-likeness (QED) is 0.691. The summed E-state index contributed by atoms with van der Waals surface area (Å²) in [6.45, 7) is 1.77. The number of aliphatic hydroxyl groups excluding tert-OH is 1. The summed E-state index contributed by atoms with van der Waals surface area (Å²) in [5.74, 6) is 0. The Bertz CT molecular complexity index is 126. The number of nitrogens with one attached hydrogen (secondary N) is 1. The molecule has 0 fully saturated rings. The minimum atomic E-state index is -4.48. The maximum absolute atomic E-state index is 11.7. The van der Waals surface area contributed by atoms with Gasteiger partial charge in [0.25, 0.3) is 0 Å². The Morgan fingerprint density at radius 3 is 2.17 bits per heavy atom. The number of hydrogen-bond donors (Lipinski definition) is 2. The van der Waals surface area contributed by atoms with Gasteiger partial charge in [-0.15, -0.1) is 0 Å². The lowest BCUT2D eigenvalue weighted by Gasteiger charge is -2.16. The highest BCUT2D eigenvalue weighted by Crippen LogP contribution is 2.23. The first kappa shape index (κ1) is 11.7. The first-order valence-corrected chi connectivity index (χ1v) is 3.80. The van der Waals surface area contributed by atoms with E-state index in [0.717, 1.165) is 0 Å². The van der Waals surface area contributed by atoms with E-state index in [1.165, 1.54) is 0 Å². The van der Waals surface area contributed by atoms with Crippen LogP contribution in [0.15, 0.2) is 0 Å². The van der Waals surface area contributed by atoms with E-state index in [1.54, 1.807) is 14.0 Å². The van der Waals surface area contributed by atoms with Gasteiger partial charge in [-0.3, -0.25) is 0 Å². The van der Waals surface area contributed by atoms with Crippen molar-refractivity contribution in [1.82, 2.24) is 5.32 Å². The van der Waals surface area contributed by atoms with Crippen LogP contribution in [0.3, 0.4) is 0 Å². The van der Waals surface area contributed by atoms with Crippen molar-refractivity contribution in [3.8, 4) is 0 Å². The van der Waals surface area contributed by atoms with E-state index in [9.17, 15) is 13.2 Å². The molecule has 0 aliphatic heterocycles. The largest absolute Gasteiger partial charge is 0.414 e. The molecule has 2 atom stereocenters. The third-order valence-electron chi connectivity index (χ3n) is 1.74. The smallest absolute Gasteiger partial charge is 0.384 e. The van der Waals surface area contributed by atoms with E-state index in [2.05, 4.69) is 5.32 Å². The van der Waals surface area contributed by atoms with Crippen molar-refractivity contribution in [2.45, 2.75) is 38.1 Å². The van der Waals surface area contributed by atoms with Crippen LogP contribution in [0.1, 0.15) is 19.8 Å². The van der Waals surface area contributed by atoms with Gasteiger partial charge < -0.3 is 10.4 Å². The highest BCUT2D eigenvalue weighted by Gasteiger charge is 2.37. The Morgan fingerprint density at radius 2 is 1.83 bits per heavy atom. The second kappa shape index (κ2) is 4.67. The number of alkyl halides is 3. The van der Waals surface area contributed by atoms with Crippen molar-refractivity contribution in [1.29, 1.82) is 0 Å². The highest BCUT2D eigenvalue weighted by molar-refractivity contribution is 4.68. The maximum atomic E-state index is 11.7. The third kappa shape index (κ3) is 4.56. The molecule has 0 aliphatic carbocycles. The molecule has 2 N–H and O–H groups in total. The van der Waals surface area contributed by atoms with Crippen LogP contribution in [0, 0.1) is 0 Å². The zero-order chi connectivity index (χ0) is 9.78. The topological polar surface area (TPSA) is 32.3 Å². The number of aliphatic hydroxyl groups is 1. The van der Waals surface area contributed by atoms with Crippen LogP contribution in [-0.4, -0.2) is 30.5 Å². The molecule has 0 aromatic rings. The molecular formula is C7H14F3NO. The van der Waals surface area contributed by atoms with Crippen molar-refractivity contribution in [3.05, 3.63) is 0 Å². The van der Waals surface area contributed by atoms with Crippen molar-refractivity contribution in [2.75, 3.05) is 7.05 Å². The van der Waals surface area contributed by atoms with Gasteiger partial charge in [0.05, 0.1) is 0 Å². The summed E-state index contributed by atoms with van der Waals surface area (Å²) < 4.78 is 35.2. The van der Waals surface area contributed by atoms with Crippen LogP contribution in [0.25, 0.3) is 0 Å². The molecule has 0 spiro atoms. The summed E-state index contributed by atoms with van der Waals surface area (Å²) in [6, 6.07) is 0.00185. The lowest BCUT2D eigenvalue weighted by atomic mass is 10.1. The molecule has 0 rings (SSSR count). The number of rotatable bonds is 4. The Labute approximate surface area is 69.8 Å². The average Bonchev–Trinajstić information content (AvgIpc) is 1.97. The van der Waals surface area contributed by atoms with E-state index >= 15 is 0 Å². The van der Waals surface area contributed by atoms with Gasteiger partial charge in [-0.25, -0.2) is 0 Å². The zero-order valence-corrected chi connectivity index (χ0v) is 7.15. The van der Waals surface area contributed by atoms with Crippen molar-refractivity contribution < 1.29 is 18.3 Å². The van der Waals surface area contributed by atoms with Crippen LogP contribution >= 0.6 is 0 Å². The molecule has 0 saturated heterocycles. The van der Waals surface area contributed by atoms with E-state index in [1.807, 2.05) is 0 Å². The zero-order valence-electron chi connectivity index (χ0n) is 7.15. The van der Waals surface area contributed by atoms with E-state index < -0.39 is 12.3 Å². The standard InChI is InChI=1S/C7H14F3NO/c1-5(11-2)3-4-6(12)7(8,9)10/h5-6,11-12H,3-4H2,1-2H3. The second-order valence-corrected chi connectivity index (χ2v) is 2.82. The van der Waals surface area contributed by atoms with E-state index in [0.29, 0.717) is 6.42 Å². The highest BCUT2D eigenvalue weighted by atomic mass is 19.4. The van der Waals surface area contributed by atoms with Gasteiger partial charge in [0.1, 0.15) is 6.10 Å². The molecule has 2 nitrogen and oxygen atoms in total. The summed E-state index contributed by atoms with van der Waals surface area (Å²) >= 11 is 0. The number of halogens is 3. The van der Waals surface area contributed by atoms with Crippen molar-refractivity contribution >= 4 is 0 Å². The molecule has 0 aromatic carbocycles. The lowest BCUT2D eigenvalue weighted by molar-refractivity contribution is -0.205.